The van der Waals surface area contributed by atoms with Gasteiger partial charge in [-0.05, 0) is 31.6 Å². The molecule has 19 heteroatoms. The summed E-state index contributed by atoms with van der Waals surface area (Å²) in [7, 11) is -9.90. The van der Waals surface area contributed by atoms with E-state index in [2.05, 4.69) is 34.6 Å². The molecule has 0 bridgehead atoms. The fraction of sp³-hybridized carbons (Fsp3) is 0.946. The molecule has 0 amide bonds. The highest BCUT2D eigenvalue weighted by molar-refractivity contribution is 7.47. The minimum Gasteiger partial charge on any atom is -0.462 e. The monoisotopic (exact) mass is 1370 g/mol. The van der Waals surface area contributed by atoms with E-state index in [4.69, 9.17) is 37.0 Å². The first-order valence-corrected chi connectivity index (χ1v) is 41.7. The quantitative estimate of drug-likeness (QED) is 0.0222. The van der Waals surface area contributed by atoms with E-state index in [0.29, 0.717) is 25.7 Å². The summed E-state index contributed by atoms with van der Waals surface area (Å²) >= 11 is 0. The lowest BCUT2D eigenvalue weighted by atomic mass is 9.99. The van der Waals surface area contributed by atoms with Crippen molar-refractivity contribution < 1.29 is 80.2 Å². The molecule has 0 saturated carbocycles. The van der Waals surface area contributed by atoms with Crippen molar-refractivity contribution >= 4 is 39.5 Å². The van der Waals surface area contributed by atoms with E-state index in [1.807, 2.05) is 0 Å². The third kappa shape index (κ3) is 67.0. The molecule has 0 radical (unpaired) electrons. The molecule has 3 unspecified atom stereocenters. The minimum atomic E-state index is -4.95. The molecule has 552 valence electrons. The second-order valence-corrected chi connectivity index (χ2v) is 29.8. The predicted octanol–water partition coefficient (Wildman–Crippen LogP) is 21.7. The zero-order valence-corrected chi connectivity index (χ0v) is 62.2. The van der Waals surface area contributed by atoms with E-state index in [-0.39, 0.29) is 25.7 Å². The van der Waals surface area contributed by atoms with Gasteiger partial charge in [0, 0.05) is 25.7 Å². The van der Waals surface area contributed by atoms with Gasteiger partial charge in [0.05, 0.1) is 26.4 Å². The number of aliphatic hydroxyl groups excluding tert-OH is 1. The largest absolute Gasteiger partial charge is 0.472 e. The molecule has 6 atom stereocenters. The summed E-state index contributed by atoms with van der Waals surface area (Å²) in [4.78, 5) is 72.4. The van der Waals surface area contributed by atoms with Crippen molar-refractivity contribution in [3.8, 4) is 0 Å². The second-order valence-electron chi connectivity index (χ2n) is 26.9. The topological polar surface area (TPSA) is 237 Å². The highest BCUT2D eigenvalue weighted by Gasteiger charge is 2.30. The maximum atomic E-state index is 13.1. The third-order valence-corrected chi connectivity index (χ3v) is 19.5. The molecule has 3 N–H and O–H groups in total. The zero-order valence-electron chi connectivity index (χ0n) is 60.4. The molecule has 0 aliphatic heterocycles. The molecule has 0 aromatic carbocycles. The summed E-state index contributed by atoms with van der Waals surface area (Å²) in [5, 5.41) is 10.6. The molecule has 0 saturated heterocycles. The predicted molar refractivity (Wildman–Crippen MR) is 377 cm³/mol. The van der Waals surface area contributed by atoms with Crippen LogP contribution < -0.4 is 0 Å². The van der Waals surface area contributed by atoms with Crippen LogP contribution in [-0.4, -0.2) is 96.7 Å². The molecule has 0 fully saturated rings. The highest BCUT2D eigenvalue weighted by atomic mass is 31.2. The number of carbonyl (C=O) groups excluding carboxylic acids is 4. The van der Waals surface area contributed by atoms with Crippen LogP contribution in [0.25, 0.3) is 0 Å². The van der Waals surface area contributed by atoms with E-state index in [0.717, 1.165) is 102 Å². The molecular weight excluding hydrogens is 1220 g/mol. The number of esters is 4. The Morgan fingerprint density at radius 3 is 0.763 bits per heavy atom. The van der Waals surface area contributed by atoms with Gasteiger partial charge in [-0.1, -0.05) is 336 Å². The summed E-state index contributed by atoms with van der Waals surface area (Å²) in [6, 6.07) is 0. The van der Waals surface area contributed by atoms with E-state index >= 15 is 0 Å². The van der Waals surface area contributed by atoms with Gasteiger partial charge in [-0.25, -0.2) is 9.13 Å². The number of ether oxygens (including phenoxy) is 4. The van der Waals surface area contributed by atoms with Crippen molar-refractivity contribution in [2.45, 2.75) is 406 Å². The highest BCUT2D eigenvalue weighted by Crippen LogP contribution is 2.45. The standard InChI is InChI=1S/C74H144O17P2/c1-6-10-13-16-18-20-22-24-26-28-30-32-34-36-38-43-48-53-58-72(77)85-64-70(91-73(78)59-54-49-44-39-37-35-33-31-29-27-25-23-21-19-17-14-11-7-2)66-89-93(82,83)87-62-68(75)61-86-92(80,81)88-65-69(63-84-71(76)57-52-46-15-12-8-3)90-74(79)60-55-50-45-41-40-42-47-51-56-67(5)9-4/h67-70,75H,6-66H2,1-5H3,(H,80,81)(H,82,83)/t67?,68-,69+,70+/m0/s1. The van der Waals surface area contributed by atoms with Crippen LogP contribution >= 0.6 is 15.6 Å². The van der Waals surface area contributed by atoms with E-state index in [9.17, 15) is 43.2 Å². The van der Waals surface area contributed by atoms with Gasteiger partial charge in [-0.3, -0.25) is 37.3 Å². The van der Waals surface area contributed by atoms with Crippen LogP contribution in [0.5, 0.6) is 0 Å². The summed E-state index contributed by atoms with van der Waals surface area (Å²) in [6.45, 7) is 7.18. The van der Waals surface area contributed by atoms with Gasteiger partial charge in [0.1, 0.15) is 19.3 Å². The van der Waals surface area contributed by atoms with Crippen molar-refractivity contribution in [1.29, 1.82) is 0 Å². The third-order valence-electron chi connectivity index (χ3n) is 17.6. The van der Waals surface area contributed by atoms with Gasteiger partial charge < -0.3 is 33.8 Å². The molecule has 0 aromatic rings. The molecule has 0 aliphatic carbocycles. The van der Waals surface area contributed by atoms with Crippen LogP contribution in [0.3, 0.4) is 0 Å². The maximum Gasteiger partial charge on any atom is 0.472 e. The van der Waals surface area contributed by atoms with Gasteiger partial charge >= 0.3 is 39.5 Å². The van der Waals surface area contributed by atoms with Crippen LogP contribution in [-0.2, 0) is 65.4 Å². The van der Waals surface area contributed by atoms with Crippen molar-refractivity contribution in [3.63, 3.8) is 0 Å². The first kappa shape index (κ1) is 91.1. The number of rotatable bonds is 74. The smallest absolute Gasteiger partial charge is 0.462 e. The van der Waals surface area contributed by atoms with Gasteiger partial charge in [0.15, 0.2) is 12.2 Å². The number of unbranched alkanes of at least 4 members (excludes halogenated alkanes) is 45. The van der Waals surface area contributed by atoms with Crippen molar-refractivity contribution in [3.05, 3.63) is 0 Å². The normalized spacial score (nSPS) is 14.3. The Morgan fingerprint density at radius 2 is 0.516 bits per heavy atom. The molecular formula is C74H144O17P2. The lowest BCUT2D eigenvalue weighted by molar-refractivity contribution is -0.161. The number of phosphoric ester groups is 2. The average molecular weight is 1370 g/mol. The Bertz CT molecular complexity index is 1790. The van der Waals surface area contributed by atoms with Crippen LogP contribution in [0, 0.1) is 5.92 Å². The Hall–Kier alpha value is -1.94. The molecule has 17 nitrogen and oxygen atoms in total. The first-order chi connectivity index (χ1) is 45.1. The fourth-order valence-corrected chi connectivity index (χ4v) is 12.9. The molecule has 0 spiro atoms. The van der Waals surface area contributed by atoms with Crippen molar-refractivity contribution in [1.82, 2.24) is 0 Å². The number of phosphoric acid groups is 2. The van der Waals surface area contributed by atoms with Crippen molar-refractivity contribution in [2.24, 2.45) is 5.92 Å². The Labute approximate surface area is 568 Å². The van der Waals surface area contributed by atoms with Gasteiger partial charge in [0.25, 0.3) is 0 Å². The number of hydrogen-bond donors (Lipinski definition) is 3. The first-order valence-electron chi connectivity index (χ1n) is 38.7. The van der Waals surface area contributed by atoms with Crippen LogP contribution in [0.15, 0.2) is 0 Å². The van der Waals surface area contributed by atoms with Crippen LogP contribution in [0.1, 0.15) is 388 Å². The van der Waals surface area contributed by atoms with Crippen LogP contribution in [0.2, 0.25) is 0 Å². The zero-order chi connectivity index (χ0) is 68.4. The minimum absolute atomic E-state index is 0.104. The Kier molecular flexibility index (Phi) is 65.9. The number of hydrogen-bond acceptors (Lipinski definition) is 15. The summed E-state index contributed by atoms with van der Waals surface area (Å²) in [6.07, 6.45) is 55.9. The molecule has 93 heavy (non-hydrogen) atoms. The lowest BCUT2D eigenvalue weighted by Crippen LogP contribution is -2.30. The second kappa shape index (κ2) is 67.3. The molecule has 0 aromatic heterocycles. The fourth-order valence-electron chi connectivity index (χ4n) is 11.3. The Balaban J connectivity index is 5.14. The van der Waals surface area contributed by atoms with E-state index < -0.39 is 97.5 Å². The average Bonchev–Trinajstić information content (AvgIpc) is 2.52. The van der Waals surface area contributed by atoms with Gasteiger partial charge in [0.2, 0.25) is 0 Å². The maximum absolute atomic E-state index is 13.1. The van der Waals surface area contributed by atoms with Gasteiger partial charge in [-0.2, -0.15) is 0 Å². The number of aliphatic hydroxyl groups is 1. The summed E-state index contributed by atoms with van der Waals surface area (Å²) in [5.41, 5.74) is 0. The molecule has 0 heterocycles. The molecule has 0 aliphatic rings. The Morgan fingerprint density at radius 1 is 0.301 bits per heavy atom. The lowest BCUT2D eigenvalue weighted by Gasteiger charge is -2.21. The van der Waals surface area contributed by atoms with E-state index in [1.54, 1.807) is 0 Å². The number of carbonyl (C=O) groups is 4. The SMILES string of the molecule is CCCCCCCCCCCCCCCCCCCCC(=O)OC[C@H](COP(=O)(O)OC[C@@H](O)COP(=O)(O)OC[C@@H](COC(=O)CCCCCCC)OC(=O)CCCCCCCCCCC(C)CC)OC(=O)CCCCCCCCCCCCCCCCCCCC. The summed E-state index contributed by atoms with van der Waals surface area (Å²) in [5.74, 6) is -1.36. The summed E-state index contributed by atoms with van der Waals surface area (Å²) < 4.78 is 68.2. The van der Waals surface area contributed by atoms with Crippen LogP contribution in [0.4, 0.5) is 0 Å². The van der Waals surface area contributed by atoms with Gasteiger partial charge in [-0.15, -0.1) is 0 Å². The molecule has 0 rings (SSSR count). The van der Waals surface area contributed by atoms with E-state index in [1.165, 1.54) is 205 Å². The van der Waals surface area contributed by atoms with Crippen molar-refractivity contribution in [2.75, 3.05) is 39.6 Å².